The number of pyridine rings is 3. The number of hydrogen-bond acceptors (Lipinski definition) is 4. The van der Waals surface area contributed by atoms with Gasteiger partial charge in [0.05, 0.1) is 68.9 Å². The quantitative estimate of drug-likeness (QED) is 0.161. The van der Waals surface area contributed by atoms with E-state index in [0.29, 0.717) is 5.56 Å². The SMILES string of the molecule is N#Cc1ccccc1-c1c(-n2c3ccccc3c3cc(-c4cccnc4-c4ccccc4)ccc32)cncc1-n1c2ccccc2c2cc(-c3cccnc3-c3ccccc3)ccc21. The number of nitrogens with zero attached hydrogens (tertiary/aromatic N) is 6. The van der Waals surface area contributed by atoms with Gasteiger partial charge in [-0.25, -0.2) is 0 Å². The molecule has 5 aromatic heterocycles. The molecule has 0 aliphatic heterocycles. The van der Waals surface area contributed by atoms with Crippen LogP contribution in [0.1, 0.15) is 5.56 Å². The largest absolute Gasteiger partial charge is 0.307 e. The monoisotopic (exact) mass is 816 g/mol. The predicted molar refractivity (Wildman–Crippen MR) is 260 cm³/mol. The molecule has 0 radical (unpaired) electrons. The number of para-hydroxylation sites is 2. The number of nitriles is 1. The average Bonchev–Trinajstić information content (AvgIpc) is 3.88. The minimum Gasteiger partial charge on any atom is -0.307 e. The Morgan fingerprint density at radius 2 is 0.812 bits per heavy atom. The average molecular weight is 817 g/mol. The van der Waals surface area contributed by atoms with E-state index in [1.54, 1.807) is 0 Å². The maximum absolute atomic E-state index is 10.7. The second-order valence-corrected chi connectivity index (χ2v) is 15.9. The summed E-state index contributed by atoms with van der Waals surface area (Å²) in [4.78, 5) is 14.7. The number of rotatable bonds is 7. The van der Waals surface area contributed by atoms with Crippen molar-refractivity contribution in [3.63, 3.8) is 0 Å². The Kier molecular flexibility index (Phi) is 8.77. The zero-order chi connectivity index (χ0) is 42.6. The fourth-order valence-corrected chi connectivity index (χ4v) is 9.58. The van der Waals surface area contributed by atoms with Crippen LogP contribution in [-0.4, -0.2) is 24.1 Å². The normalized spacial score (nSPS) is 11.4. The van der Waals surface area contributed by atoms with Gasteiger partial charge in [-0.1, -0.05) is 140 Å². The first-order valence-corrected chi connectivity index (χ1v) is 21.3. The molecule has 298 valence electrons. The highest BCUT2D eigenvalue weighted by atomic mass is 15.0. The molecule has 6 nitrogen and oxygen atoms in total. The van der Waals surface area contributed by atoms with Crippen LogP contribution in [0.15, 0.2) is 219 Å². The van der Waals surface area contributed by atoms with Crippen LogP contribution in [0.4, 0.5) is 0 Å². The van der Waals surface area contributed by atoms with Crippen molar-refractivity contribution in [2.24, 2.45) is 0 Å². The van der Waals surface area contributed by atoms with Crippen molar-refractivity contribution < 1.29 is 0 Å². The lowest BCUT2D eigenvalue weighted by Gasteiger charge is -2.20. The Labute approximate surface area is 369 Å². The van der Waals surface area contributed by atoms with Gasteiger partial charge in [0.2, 0.25) is 0 Å². The highest BCUT2D eigenvalue weighted by molar-refractivity contribution is 6.13. The standard InChI is InChI=1S/C58H36N6/c59-35-42-19-7-8-20-43(42)56-54(63-50-25-11-9-21-46(50)48-33-40(27-29-52(48)63)44-23-13-31-61-57(44)38-15-3-1-4-16-38)36-60-37-55(56)64-51-26-12-10-22-47(51)49-34-41(28-30-53(49)64)45-24-14-32-62-58(45)39-17-5-2-6-18-39/h1-34,36-37H. The fraction of sp³-hybridized carbons (Fsp3) is 0. The molecule has 0 unspecified atom stereocenters. The number of fused-ring (bicyclic) bond motifs is 6. The molecule has 0 atom stereocenters. The maximum Gasteiger partial charge on any atom is 0.0998 e. The topological polar surface area (TPSA) is 72.3 Å². The van der Waals surface area contributed by atoms with Crippen LogP contribution in [-0.2, 0) is 0 Å². The molecule has 0 aliphatic carbocycles. The summed E-state index contributed by atoms with van der Waals surface area (Å²) in [5.74, 6) is 0. The molecular weight excluding hydrogens is 781 g/mol. The number of benzene rings is 7. The molecule has 6 heteroatoms. The summed E-state index contributed by atoms with van der Waals surface area (Å²) >= 11 is 0. The summed E-state index contributed by atoms with van der Waals surface area (Å²) < 4.78 is 4.63. The molecule has 0 spiro atoms. The van der Waals surface area contributed by atoms with Gasteiger partial charge in [0.15, 0.2) is 0 Å². The van der Waals surface area contributed by atoms with E-state index < -0.39 is 0 Å². The summed E-state index contributed by atoms with van der Waals surface area (Å²) in [6.45, 7) is 0. The Morgan fingerprint density at radius 1 is 0.375 bits per heavy atom. The van der Waals surface area contributed by atoms with Crippen LogP contribution in [0.2, 0.25) is 0 Å². The van der Waals surface area contributed by atoms with Crippen LogP contribution < -0.4 is 0 Å². The second-order valence-electron chi connectivity index (χ2n) is 15.9. The van der Waals surface area contributed by atoms with Crippen molar-refractivity contribution >= 4 is 43.6 Å². The van der Waals surface area contributed by atoms with Gasteiger partial charge in [-0.15, -0.1) is 0 Å². The van der Waals surface area contributed by atoms with Crippen molar-refractivity contribution in [3.8, 4) is 73.3 Å². The smallest absolute Gasteiger partial charge is 0.0998 e. The molecular formula is C58H36N6. The van der Waals surface area contributed by atoms with Crippen molar-refractivity contribution in [3.05, 3.63) is 224 Å². The van der Waals surface area contributed by atoms with Gasteiger partial charge in [0.1, 0.15) is 0 Å². The van der Waals surface area contributed by atoms with Crippen LogP contribution >= 0.6 is 0 Å². The third-order valence-electron chi connectivity index (χ3n) is 12.4. The molecule has 12 aromatic rings. The first-order chi connectivity index (χ1) is 31.7. The highest BCUT2D eigenvalue weighted by Gasteiger charge is 2.24. The van der Waals surface area contributed by atoms with Crippen LogP contribution in [0.5, 0.6) is 0 Å². The Balaban J connectivity index is 1.12. The van der Waals surface area contributed by atoms with E-state index in [1.807, 2.05) is 67.3 Å². The van der Waals surface area contributed by atoms with Crippen LogP contribution in [0.3, 0.4) is 0 Å². The van der Waals surface area contributed by atoms with E-state index in [0.717, 1.165) is 111 Å². The van der Waals surface area contributed by atoms with E-state index in [-0.39, 0.29) is 0 Å². The lowest BCUT2D eigenvalue weighted by atomic mass is 9.97. The third kappa shape index (κ3) is 5.91. The van der Waals surface area contributed by atoms with Gasteiger partial charge in [0, 0.05) is 67.3 Å². The Bertz CT molecular complexity index is 3580. The molecule has 64 heavy (non-hydrogen) atoms. The van der Waals surface area contributed by atoms with Gasteiger partial charge < -0.3 is 9.13 Å². The van der Waals surface area contributed by atoms with Gasteiger partial charge in [-0.2, -0.15) is 5.26 Å². The molecule has 5 heterocycles. The number of aromatic nitrogens is 5. The fourth-order valence-electron chi connectivity index (χ4n) is 9.58. The summed E-state index contributed by atoms with van der Waals surface area (Å²) in [5, 5.41) is 15.2. The molecule has 0 bridgehead atoms. The first-order valence-electron chi connectivity index (χ1n) is 21.3. The molecule has 7 aromatic carbocycles. The zero-order valence-electron chi connectivity index (χ0n) is 34.5. The predicted octanol–water partition coefficient (Wildman–Crippen LogP) is 14.3. The molecule has 0 amide bonds. The lowest BCUT2D eigenvalue weighted by molar-refractivity contribution is 1.09. The Hall–Kier alpha value is -8.92. The van der Waals surface area contributed by atoms with Crippen molar-refractivity contribution in [1.82, 2.24) is 24.1 Å². The molecule has 0 saturated heterocycles. The van der Waals surface area contributed by atoms with E-state index in [1.165, 1.54) is 0 Å². The van der Waals surface area contributed by atoms with Crippen molar-refractivity contribution in [2.75, 3.05) is 0 Å². The molecule has 0 N–H and O–H groups in total. The summed E-state index contributed by atoms with van der Waals surface area (Å²) in [5.41, 5.74) is 16.5. The molecule has 12 rings (SSSR count). The molecule has 0 aliphatic rings. The van der Waals surface area contributed by atoms with E-state index >= 15 is 0 Å². The molecule has 0 saturated carbocycles. The van der Waals surface area contributed by atoms with Crippen molar-refractivity contribution in [1.29, 1.82) is 5.26 Å². The highest BCUT2D eigenvalue weighted by Crippen LogP contribution is 2.44. The maximum atomic E-state index is 10.7. The van der Waals surface area contributed by atoms with Crippen LogP contribution in [0, 0.1) is 11.3 Å². The van der Waals surface area contributed by atoms with Crippen LogP contribution in [0.25, 0.3) is 111 Å². The Morgan fingerprint density at radius 3 is 1.33 bits per heavy atom. The van der Waals surface area contributed by atoms with E-state index in [2.05, 4.69) is 167 Å². The molecule has 0 fully saturated rings. The van der Waals surface area contributed by atoms with Crippen molar-refractivity contribution in [2.45, 2.75) is 0 Å². The van der Waals surface area contributed by atoms with E-state index in [4.69, 9.17) is 15.0 Å². The first kappa shape index (κ1) is 36.9. The zero-order valence-corrected chi connectivity index (χ0v) is 34.5. The lowest BCUT2D eigenvalue weighted by Crippen LogP contribution is -2.05. The number of hydrogen-bond donors (Lipinski definition) is 0. The van der Waals surface area contributed by atoms with Gasteiger partial charge in [0.25, 0.3) is 0 Å². The van der Waals surface area contributed by atoms with Gasteiger partial charge in [-0.3, -0.25) is 15.0 Å². The minimum atomic E-state index is 0.581. The second kappa shape index (κ2) is 15.2. The minimum absolute atomic E-state index is 0.581. The summed E-state index contributed by atoms with van der Waals surface area (Å²) in [7, 11) is 0. The van der Waals surface area contributed by atoms with Gasteiger partial charge >= 0.3 is 0 Å². The van der Waals surface area contributed by atoms with Gasteiger partial charge in [-0.05, 0) is 65.7 Å². The summed E-state index contributed by atoms with van der Waals surface area (Å²) in [6, 6.07) is 69.9. The summed E-state index contributed by atoms with van der Waals surface area (Å²) in [6.07, 6.45) is 7.60. The third-order valence-corrected chi connectivity index (χ3v) is 12.4. The van der Waals surface area contributed by atoms with E-state index in [9.17, 15) is 5.26 Å².